The molecule has 6 nitrogen and oxygen atoms in total. The number of rotatable bonds is 13. The van der Waals surface area contributed by atoms with E-state index in [1.54, 1.807) is 19.9 Å². The van der Waals surface area contributed by atoms with E-state index in [0.717, 1.165) is 19.3 Å². The maximum Gasteiger partial charge on any atom is 0.333 e. The Morgan fingerprint density at radius 3 is 2.12 bits per heavy atom. The van der Waals surface area contributed by atoms with Crippen molar-refractivity contribution in [2.75, 3.05) is 13.2 Å². The Morgan fingerprint density at radius 1 is 0.920 bits per heavy atom. The van der Waals surface area contributed by atoms with E-state index in [1.165, 1.54) is 26.2 Å². The summed E-state index contributed by atoms with van der Waals surface area (Å²) < 4.78 is 15.2. The first kappa shape index (κ1) is 23.1. The van der Waals surface area contributed by atoms with Gasteiger partial charge in [0.25, 0.3) is 0 Å². The molecule has 0 aromatic rings. The molecule has 25 heavy (non-hydrogen) atoms. The SMILES string of the molecule is CC=C(C)C(=O)OC(COC(C)=O)COC(=O)CCCCCCCC. The fraction of sp³-hybridized carbons (Fsp3) is 0.737. The van der Waals surface area contributed by atoms with Gasteiger partial charge in [-0.3, -0.25) is 9.59 Å². The van der Waals surface area contributed by atoms with Gasteiger partial charge < -0.3 is 14.2 Å². The van der Waals surface area contributed by atoms with Crippen molar-refractivity contribution in [2.45, 2.75) is 78.7 Å². The molecule has 0 aliphatic heterocycles. The second kappa shape index (κ2) is 14.5. The van der Waals surface area contributed by atoms with E-state index in [0.29, 0.717) is 12.0 Å². The minimum atomic E-state index is -0.806. The molecule has 0 N–H and O–H groups in total. The van der Waals surface area contributed by atoms with Gasteiger partial charge in [0.1, 0.15) is 13.2 Å². The van der Waals surface area contributed by atoms with Crippen LogP contribution in [0.5, 0.6) is 0 Å². The lowest BCUT2D eigenvalue weighted by Crippen LogP contribution is -2.30. The van der Waals surface area contributed by atoms with Gasteiger partial charge in [0, 0.05) is 18.9 Å². The third kappa shape index (κ3) is 13.2. The van der Waals surface area contributed by atoms with Crippen molar-refractivity contribution in [1.29, 1.82) is 0 Å². The quantitative estimate of drug-likeness (QED) is 0.217. The lowest BCUT2D eigenvalue weighted by molar-refractivity contribution is -0.163. The predicted molar refractivity (Wildman–Crippen MR) is 94.9 cm³/mol. The summed E-state index contributed by atoms with van der Waals surface area (Å²) in [5, 5.41) is 0. The average molecular weight is 356 g/mol. The molecule has 1 unspecified atom stereocenters. The molecular formula is C19H32O6. The smallest absolute Gasteiger partial charge is 0.333 e. The summed E-state index contributed by atoms with van der Waals surface area (Å²) >= 11 is 0. The minimum absolute atomic E-state index is 0.120. The van der Waals surface area contributed by atoms with Crippen LogP contribution in [0.4, 0.5) is 0 Å². The summed E-state index contributed by atoms with van der Waals surface area (Å²) in [6.07, 6.45) is 7.67. The van der Waals surface area contributed by atoms with E-state index >= 15 is 0 Å². The van der Waals surface area contributed by atoms with Crippen molar-refractivity contribution in [1.82, 2.24) is 0 Å². The number of unbranched alkanes of at least 4 members (excludes halogenated alkanes) is 5. The van der Waals surface area contributed by atoms with Gasteiger partial charge in [-0.1, -0.05) is 45.1 Å². The first-order chi connectivity index (χ1) is 11.9. The van der Waals surface area contributed by atoms with Crippen LogP contribution in [0.25, 0.3) is 0 Å². The maximum absolute atomic E-state index is 11.8. The Kier molecular flexibility index (Phi) is 13.4. The van der Waals surface area contributed by atoms with Gasteiger partial charge in [-0.05, 0) is 20.3 Å². The lowest BCUT2D eigenvalue weighted by atomic mass is 10.1. The van der Waals surface area contributed by atoms with Gasteiger partial charge in [0.05, 0.1) is 0 Å². The zero-order chi connectivity index (χ0) is 19.1. The molecule has 0 aliphatic carbocycles. The molecular weight excluding hydrogens is 324 g/mol. The Labute approximate surface area is 150 Å². The first-order valence-corrected chi connectivity index (χ1v) is 9.03. The van der Waals surface area contributed by atoms with Crippen LogP contribution in [0.3, 0.4) is 0 Å². The van der Waals surface area contributed by atoms with E-state index in [1.807, 2.05) is 0 Å². The van der Waals surface area contributed by atoms with E-state index in [9.17, 15) is 14.4 Å². The third-order valence-electron chi connectivity index (χ3n) is 3.67. The third-order valence-corrected chi connectivity index (χ3v) is 3.67. The zero-order valence-corrected chi connectivity index (χ0v) is 16.0. The Balaban J connectivity index is 4.20. The molecule has 0 heterocycles. The van der Waals surface area contributed by atoms with E-state index < -0.39 is 18.0 Å². The fourth-order valence-electron chi connectivity index (χ4n) is 2.00. The predicted octanol–water partition coefficient (Wildman–Crippen LogP) is 3.72. The van der Waals surface area contributed by atoms with Gasteiger partial charge in [-0.15, -0.1) is 0 Å². The zero-order valence-electron chi connectivity index (χ0n) is 16.0. The highest BCUT2D eigenvalue weighted by Crippen LogP contribution is 2.08. The molecule has 0 rings (SSSR count). The molecule has 0 aliphatic rings. The summed E-state index contributed by atoms with van der Waals surface area (Å²) in [7, 11) is 0. The minimum Gasteiger partial charge on any atom is -0.462 e. The Bertz CT molecular complexity index is 441. The van der Waals surface area contributed by atoms with E-state index in [-0.39, 0.29) is 19.2 Å². The number of ether oxygens (including phenoxy) is 3. The van der Waals surface area contributed by atoms with Crippen LogP contribution >= 0.6 is 0 Å². The second-order valence-electron chi connectivity index (χ2n) is 6.00. The molecule has 1 atom stereocenters. The molecule has 0 saturated carbocycles. The van der Waals surface area contributed by atoms with Crippen LogP contribution in [0.15, 0.2) is 11.6 Å². The number of hydrogen-bond acceptors (Lipinski definition) is 6. The average Bonchev–Trinajstić information content (AvgIpc) is 2.59. The molecule has 0 aromatic heterocycles. The van der Waals surface area contributed by atoms with Crippen LogP contribution < -0.4 is 0 Å². The number of hydrogen-bond donors (Lipinski definition) is 0. The molecule has 0 saturated heterocycles. The van der Waals surface area contributed by atoms with Crippen molar-refractivity contribution in [2.24, 2.45) is 0 Å². The summed E-state index contributed by atoms with van der Waals surface area (Å²) in [5.74, 6) is -1.34. The van der Waals surface area contributed by atoms with Crippen molar-refractivity contribution in [3.8, 4) is 0 Å². The molecule has 0 amide bonds. The van der Waals surface area contributed by atoms with Gasteiger partial charge in [-0.25, -0.2) is 4.79 Å². The Morgan fingerprint density at radius 2 is 1.52 bits per heavy atom. The van der Waals surface area contributed by atoms with E-state index in [2.05, 4.69) is 6.92 Å². The summed E-state index contributed by atoms with van der Waals surface area (Å²) in [5.41, 5.74) is 0.436. The van der Waals surface area contributed by atoms with Crippen molar-refractivity contribution in [3.63, 3.8) is 0 Å². The van der Waals surface area contributed by atoms with Crippen LogP contribution in [-0.4, -0.2) is 37.2 Å². The highest BCUT2D eigenvalue weighted by atomic mass is 16.6. The molecule has 0 spiro atoms. The maximum atomic E-state index is 11.8. The highest BCUT2D eigenvalue weighted by Gasteiger charge is 2.19. The molecule has 144 valence electrons. The van der Waals surface area contributed by atoms with Crippen LogP contribution in [0, 0.1) is 0 Å². The molecule has 0 radical (unpaired) electrons. The molecule has 6 heteroatoms. The molecule has 0 fully saturated rings. The monoisotopic (exact) mass is 356 g/mol. The highest BCUT2D eigenvalue weighted by molar-refractivity contribution is 5.87. The molecule has 0 aromatic carbocycles. The van der Waals surface area contributed by atoms with Crippen LogP contribution in [0.1, 0.15) is 72.6 Å². The second-order valence-corrected chi connectivity index (χ2v) is 6.00. The number of esters is 3. The van der Waals surface area contributed by atoms with Gasteiger partial charge >= 0.3 is 17.9 Å². The first-order valence-electron chi connectivity index (χ1n) is 9.03. The topological polar surface area (TPSA) is 78.9 Å². The Hall–Kier alpha value is -1.85. The standard InChI is InChI=1S/C19H32O6/c1-5-7-8-9-10-11-12-18(21)24-14-17(13-23-16(4)20)25-19(22)15(3)6-2/h6,17H,5,7-14H2,1-4H3. The number of carbonyl (C=O) groups excluding carboxylic acids is 3. The van der Waals surface area contributed by atoms with Gasteiger partial charge in [-0.2, -0.15) is 0 Å². The summed E-state index contributed by atoms with van der Waals surface area (Å²) in [6.45, 7) is 6.51. The van der Waals surface area contributed by atoms with Crippen molar-refractivity contribution >= 4 is 17.9 Å². The fourth-order valence-corrected chi connectivity index (χ4v) is 2.00. The summed E-state index contributed by atoms with van der Waals surface area (Å²) in [6, 6.07) is 0. The van der Waals surface area contributed by atoms with E-state index in [4.69, 9.17) is 14.2 Å². The van der Waals surface area contributed by atoms with Gasteiger partial charge in [0.2, 0.25) is 0 Å². The normalized spacial score (nSPS) is 12.4. The lowest BCUT2D eigenvalue weighted by Gasteiger charge is -2.18. The van der Waals surface area contributed by atoms with Crippen LogP contribution in [-0.2, 0) is 28.6 Å². The summed E-state index contributed by atoms with van der Waals surface area (Å²) in [4.78, 5) is 34.5. The number of allylic oxidation sites excluding steroid dienone is 1. The number of carbonyl (C=O) groups is 3. The largest absolute Gasteiger partial charge is 0.462 e. The van der Waals surface area contributed by atoms with Crippen molar-refractivity contribution in [3.05, 3.63) is 11.6 Å². The van der Waals surface area contributed by atoms with Gasteiger partial charge in [0.15, 0.2) is 6.10 Å². The van der Waals surface area contributed by atoms with Crippen molar-refractivity contribution < 1.29 is 28.6 Å². The van der Waals surface area contributed by atoms with Crippen LogP contribution in [0.2, 0.25) is 0 Å². The molecule has 0 bridgehead atoms.